The smallest absolute Gasteiger partial charge is 0.278 e. The number of aliphatic carboxylic acids is 3. The van der Waals surface area contributed by atoms with Gasteiger partial charge in [0.25, 0.3) is 5.91 Å². The second kappa shape index (κ2) is 11.6. The van der Waals surface area contributed by atoms with Gasteiger partial charge in [-0.05, 0) is 30.9 Å². The number of fused-ring (bicyclic) bond motifs is 1. The van der Waals surface area contributed by atoms with Crippen LogP contribution in [0.2, 0.25) is 0 Å². The first-order chi connectivity index (χ1) is 15.6. The van der Waals surface area contributed by atoms with Crippen molar-refractivity contribution in [2.45, 2.75) is 50.2 Å². The molecule has 1 aromatic carbocycles. The molecule has 2 aromatic rings. The quantitative estimate of drug-likeness (QED) is 0.226. The van der Waals surface area contributed by atoms with Gasteiger partial charge < -0.3 is 51.1 Å². The van der Waals surface area contributed by atoms with E-state index in [4.69, 9.17) is 0 Å². The highest BCUT2D eigenvalue weighted by Gasteiger charge is 2.28. The summed E-state index contributed by atoms with van der Waals surface area (Å²) in [5.41, 5.74) is 5.02. The standard InChI is InChI=1S/C21H26N4O8/c22-13(5-7-17(26)27)19(30)25-16(9-11-10-23-14-4-2-1-3-12(11)14)20(31)24-15(21(32)33)6-8-18(28)29/h1-4,10,13,15-16,23H,5-9,22H2,(H,24,31)(H,25,30)(H,26,27)(H,28,29)(H,32,33)/p-2/t13-,15-,16-/m0/s1. The molecule has 12 nitrogen and oxygen atoms in total. The summed E-state index contributed by atoms with van der Waals surface area (Å²) in [5, 5.41) is 38.1. The van der Waals surface area contributed by atoms with E-state index in [0.717, 1.165) is 10.9 Å². The van der Waals surface area contributed by atoms with Crippen LogP contribution in [0.5, 0.6) is 0 Å². The molecule has 0 spiro atoms. The lowest BCUT2D eigenvalue weighted by Gasteiger charge is -2.25. The first-order valence-corrected chi connectivity index (χ1v) is 10.2. The van der Waals surface area contributed by atoms with Crippen LogP contribution in [0.4, 0.5) is 0 Å². The van der Waals surface area contributed by atoms with Gasteiger partial charge in [0.2, 0.25) is 5.91 Å². The number of carboxylic acid groups (broad SMARTS) is 3. The van der Waals surface area contributed by atoms with Gasteiger partial charge in [-0.15, -0.1) is 0 Å². The third-order valence-corrected chi connectivity index (χ3v) is 5.04. The Morgan fingerprint density at radius 1 is 0.879 bits per heavy atom. The molecular formula is C21H24N4O8-2. The molecule has 6 N–H and O–H groups in total. The van der Waals surface area contributed by atoms with Crippen LogP contribution in [-0.4, -0.2) is 52.8 Å². The molecule has 0 bridgehead atoms. The van der Waals surface area contributed by atoms with Gasteiger partial charge in [0.1, 0.15) is 6.04 Å². The Morgan fingerprint density at radius 2 is 1.48 bits per heavy atom. The molecule has 1 heterocycles. The third kappa shape index (κ3) is 7.61. The zero-order valence-electron chi connectivity index (χ0n) is 17.6. The molecule has 12 heteroatoms. The molecule has 2 rings (SSSR count). The SMILES string of the molecule is [NH3+][C@@H](CCC(=O)[O-])C(=O)N[C@@H](Cc1c[nH]c2ccccc12)C(=O)N[C@@H](CCC(=O)[O-])C(=O)[O-]. The molecule has 178 valence electrons. The molecule has 0 saturated carbocycles. The number of hydrogen-bond donors (Lipinski definition) is 4. The van der Waals surface area contributed by atoms with Crippen molar-refractivity contribution in [3.05, 3.63) is 36.0 Å². The summed E-state index contributed by atoms with van der Waals surface area (Å²) in [6.45, 7) is 0. The molecule has 2 amide bonds. The average molecular weight is 460 g/mol. The number of benzene rings is 1. The maximum absolute atomic E-state index is 12.9. The lowest BCUT2D eigenvalue weighted by molar-refractivity contribution is -0.406. The summed E-state index contributed by atoms with van der Waals surface area (Å²) in [6.07, 6.45) is -0.00762. The fourth-order valence-electron chi connectivity index (χ4n) is 3.23. The summed E-state index contributed by atoms with van der Waals surface area (Å²) < 4.78 is 0. The molecule has 0 aliphatic carbocycles. The zero-order valence-corrected chi connectivity index (χ0v) is 17.6. The minimum atomic E-state index is -1.69. The lowest BCUT2D eigenvalue weighted by Crippen LogP contribution is -2.69. The monoisotopic (exact) mass is 460 g/mol. The number of aromatic nitrogens is 1. The molecule has 1 aromatic heterocycles. The Labute approximate surface area is 188 Å². The molecular weight excluding hydrogens is 436 g/mol. The Hall–Kier alpha value is -3.93. The maximum Gasteiger partial charge on any atom is 0.278 e. The van der Waals surface area contributed by atoms with Crippen molar-refractivity contribution >= 4 is 40.6 Å². The number of aromatic amines is 1. The average Bonchev–Trinajstić information content (AvgIpc) is 3.16. The number of carbonyl (C=O) groups excluding carboxylic acids is 5. The van der Waals surface area contributed by atoms with E-state index in [2.05, 4.69) is 21.4 Å². The highest BCUT2D eigenvalue weighted by Crippen LogP contribution is 2.19. The second-order valence-electron chi connectivity index (χ2n) is 7.52. The first kappa shape index (κ1) is 25.3. The number of carbonyl (C=O) groups is 5. The van der Waals surface area contributed by atoms with Crippen LogP contribution < -0.4 is 31.7 Å². The molecule has 0 fully saturated rings. The van der Waals surface area contributed by atoms with Gasteiger partial charge >= 0.3 is 0 Å². The van der Waals surface area contributed by atoms with E-state index in [9.17, 15) is 39.3 Å². The first-order valence-electron chi connectivity index (χ1n) is 10.2. The zero-order chi connectivity index (χ0) is 24.5. The Kier molecular flexibility index (Phi) is 8.92. The predicted molar refractivity (Wildman–Crippen MR) is 106 cm³/mol. The predicted octanol–water partition coefficient (Wildman–Crippen LogP) is -4.90. The fourth-order valence-corrected chi connectivity index (χ4v) is 3.23. The van der Waals surface area contributed by atoms with Crippen LogP contribution in [-0.2, 0) is 30.4 Å². The third-order valence-electron chi connectivity index (χ3n) is 5.04. The molecule has 33 heavy (non-hydrogen) atoms. The fraction of sp³-hybridized carbons (Fsp3) is 0.381. The van der Waals surface area contributed by atoms with Crippen molar-refractivity contribution in [3.63, 3.8) is 0 Å². The van der Waals surface area contributed by atoms with Crippen LogP contribution in [0.3, 0.4) is 0 Å². The molecule has 0 aliphatic rings. The van der Waals surface area contributed by atoms with E-state index in [0.29, 0.717) is 5.56 Å². The van der Waals surface area contributed by atoms with Gasteiger partial charge in [0.05, 0.1) is 12.0 Å². The number of amides is 2. The topological polar surface area (TPSA) is 222 Å². The van der Waals surface area contributed by atoms with E-state index in [1.54, 1.807) is 24.4 Å². The van der Waals surface area contributed by atoms with E-state index < -0.39 is 67.1 Å². The van der Waals surface area contributed by atoms with Gasteiger partial charge in [-0.2, -0.15) is 0 Å². The van der Waals surface area contributed by atoms with Crippen molar-refractivity contribution in [1.82, 2.24) is 15.6 Å². The van der Waals surface area contributed by atoms with Crippen LogP contribution in [0.25, 0.3) is 10.9 Å². The number of rotatable bonds is 13. The summed E-state index contributed by atoms with van der Waals surface area (Å²) in [5.74, 6) is -6.13. The minimum Gasteiger partial charge on any atom is -0.550 e. The Bertz CT molecular complexity index is 1030. The van der Waals surface area contributed by atoms with E-state index in [-0.39, 0.29) is 12.8 Å². The lowest BCUT2D eigenvalue weighted by atomic mass is 10.0. The van der Waals surface area contributed by atoms with Gasteiger partial charge in [-0.25, -0.2) is 0 Å². The Balaban J connectivity index is 2.22. The van der Waals surface area contributed by atoms with Crippen LogP contribution in [0.15, 0.2) is 30.5 Å². The number of para-hydroxylation sites is 1. The number of nitrogens with one attached hydrogen (secondary N) is 3. The Morgan fingerprint density at radius 3 is 2.12 bits per heavy atom. The van der Waals surface area contributed by atoms with E-state index >= 15 is 0 Å². The number of quaternary nitrogens is 1. The molecule has 0 saturated heterocycles. The largest absolute Gasteiger partial charge is 0.550 e. The minimum absolute atomic E-state index is 0.0327. The van der Waals surface area contributed by atoms with E-state index in [1.165, 1.54) is 0 Å². The van der Waals surface area contributed by atoms with Crippen molar-refractivity contribution in [1.29, 1.82) is 0 Å². The maximum atomic E-state index is 12.9. The van der Waals surface area contributed by atoms with Crippen LogP contribution >= 0.6 is 0 Å². The summed E-state index contributed by atoms with van der Waals surface area (Å²) in [6, 6.07) is 3.32. The molecule has 0 aliphatic heterocycles. The summed E-state index contributed by atoms with van der Waals surface area (Å²) >= 11 is 0. The highest BCUT2D eigenvalue weighted by molar-refractivity contribution is 5.92. The van der Waals surface area contributed by atoms with Crippen molar-refractivity contribution < 1.29 is 45.0 Å². The molecule has 3 atom stereocenters. The van der Waals surface area contributed by atoms with Crippen LogP contribution in [0.1, 0.15) is 31.2 Å². The molecule has 0 unspecified atom stereocenters. The van der Waals surface area contributed by atoms with Crippen molar-refractivity contribution in [3.8, 4) is 0 Å². The van der Waals surface area contributed by atoms with Crippen molar-refractivity contribution in [2.24, 2.45) is 0 Å². The number of hydrogen-bond acceptors (Lipinski definition) is 8. The highest BCUT2D eigenvalue weighted by atomic mass is 16.4. The van der Waals surface area contributed by atoms with Gasteiger partial charge in [0, 0.05) is 41.9 Å². The summed E-state index contributed by atoms with van der Waals surface area (Å²) in [4.78, 5) is 61.1. The van der Waals surface area contributed by atoms with Gasteiger partial charge in [0.15, 0.2) is 6.04 Å². The second-order valence-corrected chi connectivity index (χ2v) is 7.52. The normalized spacial score (nSPS) is 13.6. The number of carboxylic acids is 3. The van der Waals surface area contributed by atoms with Crippen LogP contribution in [0, 0.1) is 0 Å². The van der Waals surface area contributed by atoms with E-state index in [1.807, 2.05) is 6.07 Å². The number of H-pyrrole nitrogens is 1. The van der Waals surface area contributed by atoms with Gasteiger partial charge in [-0.3, -0.25) is 9.59 Å². The van der Waals surface area contributed by atoms with Crippen molar-refractivity contribution in [2.75, 3.05) is 0 Å². The molecule has 0 radical (unpaired) electrons. The summed E-state index contributed by atoms with van der Waals surface area (Å²) in [7, 11) is 0. The van der Waals surface area contributed by atoms with Gasteiger partial charge in [-0.1, -0.05) is 18.2 Å².